The maximum absolute atomic E-state index is 9.11. The first-order chi connectivity index (χ1) is 11.8. The summed E-state index contributed by atoms with van der Waals surface area (Å²) in [4.78, 5) is 8.35. The molecule has 0 saturated carbocycles. The van der Waals surface area contributed by atoms with Crippen molar-refractivity contribution in [2.75, 3.05) is 5.73 Å². The molecule has 7 nitrogen and oxygen atoms in total. The third-order valence-corrected chi connectivity index (χ3v) is 3.78. The third kappa shape index (κ3) is 2.18. The van der Waals surface area contributed by atoms with Gasteiger partial charge in [-0.1, -0.05) is 42.5 Å². The Balaban J connectivity index is 2.07. The van der Waals surface area contributed by atoms with Crippen LogP contribution in [0.2, 0.25) is 0 Å². The zero-order chi connectivity index (χ0) is 16.5. The van der Waals surface area contributed by atoms with Gasteiger partial charge in [0.2, 0.25) is 17.5 Å². The predicted octanol–water partition coefficient (Wildman–Crippen LogP) is 1.70. The van der Waals surface area contributed by atoms with E-state index in [1.54, 1.807) is 9.08 Å². The van der Waals surface area contributed by atoms with Crippen LogP contribution in [-0.4, -0.2) is 19.2 Å². The van der Waals surface area contributed by atoms with Crippen LogP contribution >= 0.6 is 0 Å². The van der Waals surface area contributed by atoms with Gasteiger partial charge in [0.25, 0.3) is 0 Å². The summed E-state index contributed by atoms with van der Waals surface area (Å²) in [6.45, 7) is 0.483. The number of nitrogens with zero attached hydrogens (tertiary/aromatic N) is 6. The summed E-state index contributed by atoms with van der Waals surface area (Å²) in [6, 6.07) is 17.4. The van der Waals surface area contributed by atoms with E-state index in [2.05, 4.69) is 15.1 Å². The van der Waals surface area contributed by atoms with Crippen LogP contribution in [0.3, 0.4) is 0 Å². The van der Waals surface area contributed by atoms with Crippen molar-refractivity contribution in [2.45, 2.75) is 6.54 Å². The van der Waals surface area contributed by atoms with E-state index in [0.29, 0.717) is 23.6 Å². The number of nitrogens with two attached hydrogens (primary N) is 1. The molecule has 0 amide bonds. The molecule has 0 bridgehead atoms. The van der Waals surface area contributed by atoms with Gasteiger partial charge in [-0.2, -0.15) is 5.26 Å². The summed E-state index contributed by atoms with van der Waals surface area (Å²) >= 11 is 0. The summed E-state index contributed by atoms with van der Waals surface area (Å²) in [5.74, 6) is 0.301. The van der Waals surface area contributed by atoms with Gasteiger partial charge >= 0.3 is 0 Å². The van der Waals surface area contributed by atoms with Crippen LogP contribution in [0.1, 0.15) is 5.56 Å². The van der Waals surface area contributed by atoms with E-state index in [4.69, 9.17) is 11.0 Å². The lowest BCUT2D eigenvalue weighted by molar-refractivity contribution is 0.647. The van der Waals surface area contributed by atoms with Crippen molar-refractivity contribution in [2.24, 2.45) is 4.99 Å². The molecule has 2 N–H and O–H groups in total. The van der Waals surface area contributed by atoms with Crippen LogP contribution in [0.15, 0.2) is 59.6 Å². The highest BCUT2D eigenvalue weighted by Gasteiger charge is 2.13. The quantitative estimate of drug-likeness (QED) is 0.569. The largest absolute Gasteiger partial charge is 0.381 e. The highest BCUT2D eigenvalue weighted by molar-refractivity contribution is 5.81. The van der Waals surface area contributed by atoms with Gasteiger partial charge in [0.05, 0.1) is 17.6 Å². The summed E-state index contributed by atoms with van der Waals surface area (Å²) < 4.78 is 3.43. The van der Waals surface area contributed by atoms with E-state index in [9.17, 15) is 0 Å². The topological polar surface area (TPSA) is 97.3 Å². The number of fused-ring (bicyclic) bond motifs is 3. The molecule has 2 aromatic carbocycles. The Labute approximate surface area is 136 Å². The highest BCUT2D eigenvalue weighted by Crippen LogP contribution is 2.16. The van der Waals surface area contributed by atoms with Crippen LogP contribution in [0.4, 0.5) is 5.82 Å². The smallest absolute Gasteiger partial charge is 0.244 e. The Morgan fingerprint density at radius 2 is 1.83 bits per heavy atom. The first-order valence-electron chi connectivity index (χ1n) is 7.38. The second kappa shape index (κ2) is 5.52. The molecule has 0 aliphatic heterocycles. The van der Waals surface area contributed by atoms with Crippen molar-refractivity contribution in [1.29, 1.82) is 5.26 Å². The summed E-state index contributed by atoms with van der Waals surface area (Å²) in [7, 11) is 0. The number of nitrogen functional groups attached to an aromatic ring is 1. The summed E-state index contributed by atoms with van der Waals surface area (Å²) in [5.41, 5.74) is 9.54. The third-order valence-electron chi connectivity index (χ3n) is 3.78. The first-order valence-corrected chi connectivity index (χ1v) is 7.38. The van der Waals surface area contributed by atoms with Gasteiger partial charge in [0.1, 0.15) is 0 Å². The lowest BCUT2D eigenvalue weighted by atomic mass is 10.2. The van der Waals surface area contributed by atoms with Gasteiger partial charge in [-0.25, -0.2) is 9.67 Å². The SMILES string of the molecule is N#C/N=c1\n(Cc2ccccc2)nc2c(N)nc3ccccc3n12. The molecule has 0 fully saturated rings. The summed E-state index contributed by atoms with van der Waals surface area (Å²) in [5, 5.41) is 13.6. The highest BCUT2D eigenvalue weighted by atomic mass is 15.4. The van der Waals surface area contributed by atoms with Crippen molar-refractivity contribution in [1.82, 2.24) is 19.2 Å². The van der Waals surface area contributed by atoms with Crippen molar-refractivity contribution in [3.05, 3.63) is 65.8 Å². The fourth-order valence-corrected chi connectivity index (χ4v) is 2.74. The second-order valence-corrected chi connectivity index (χ2v) is 5.30. The molecule has 4 aromatic rings. The van der Waals surface area contributed by atoms with Crippen molar-refractivity contribution < 1.29 is 0 Å². The van der Waals surface area contributed by atoms with Gasteiger partial charge in [0, 0.05) is 0 Å². The molecule has 7 heteroatoms. The molecule has 0 aliphatic carbocycles. The predicted molar refractivity (Wildman–Crippen MR) is 89.6 cm³/mol. The molecule has 116 valence electrons. The average molecular weight is 315 g/mol. The van der Waals surface area contributed by atoms with E-state index in [1.165, 1.54) is 0 Å². The molecule has 2 aromatic heterocycles. The van der Waals surface area contributed by atoms with Crippen LogP contribution in [-0.2, 0) is 6.54 Å². The molecule has 0 spiro atoms. The molecule has 0 radical (unpaired) electrons. The van der Waals surface area contributed by atoms with Gasteiger partial charge in [0.15, 0.2) is 5.82 Å². The summed E-state index contributed by atoms with van der Waals surface area (Å²) in [6.07, 6.45) is 1.85. The van der Waals surface area contributed by atoms with Crippen LogP contribution in [0.25, 0.3) is 16.7 Å². The minimum absolute atomic E-state index is 0.301. The van der Waals surface area contributed by atoms with Crippen LogP contribution < -0.4 is 11.4 Å². The van der Waals surface area contributed by atoms with Crippen LogP contribution in [0.5, 0.6) is 0 Å². The number of benzene rings is 2. The maximum Gasteiger partial charge on any atom is 0.244 e. The minimum Gasteiger partial charge on any atom is -0.381 e. The Bertz CT molecular complexity index is 1150. The second-order valence-electron chi connectivity index (χ2n) is 5.30. The lowest BCUT2D eigenvalue weighted by Gasteiger charge is -2.02. The van der Waals surface area contributed by atoms with E-state index in [0.717, 1.165) is 16.6 Å². The lowest BCUT2D eigenvalue weighted by Crippen LogP contribution is -2.24. The number of anilines is 1. The molecule has 0 unspecified atom stereocenters. The fraction of sp³-hybridized carbons (Fsp3) is 0.0588. The Hall–Kier alpha value is -3.66. The molecule has 0 atom stereocenters. The number of hydrogen-bond donors (Lipinski definition) is 1. The van der Waals surface area contributed by atoms with E-state index >= 15 is 0 Å². The number of aromatic nitrogens is 4. The van der Waals surface area contributed by atoms with Crippen molar-refractivity contribution >= 4 is 22.5 Å². The van der Waals surface area contributed by atoms with E-state index in [1.807, 2.05) is 60.8 Å². The van der Waals surface area contributed by atoms with Crippen molar-refractivity contribution in [3.8, 4) is 6.19 Å². The molecular formula is C17H13N7. The zero-order valence-electron chi connectivity index (χ0n) is 12.7. The normalized spacial score (nSPS) is 11.9. The average Bonchev–Trinajstić information content (AvgIpc) is 2.96. The number of para-hydroxylation sites is 2. The Morgan fingerprint density at radius 1 is 1.08 bits per heavy atom. The molecule has 0 saturated heterocycles. The Kier molecular flexibility index (Phi) is 3.21. The number of rotatable bonds is 2. The van der Waals surface area contributed by atoms with Gasteiger partial charge in [-0.3, -0.25) is 4.40 Å². The molecular weight excluding hydrogens is 302 g/mol. The standard InChI is InChI=1S/C17H13N7/c18-11-20-17-23(10-12-6-2-1-3-7-12)22-16-15(19)21-13-8-4-5-9-14(13)24(16)17/h1-9H,10H2,(H2,19,21)/b20-17+. The number of nitriles is 1. The van der Waals surface area contributed by atoms with Gasteiger partial charge in [-0.15, -0.1) is 10.1 Å². The first kappa shape index (κ1) is 14.0. The monoisotopic (exact) mass is 315 g/mol. The molecule has 4 rings (SSSR count). The van der Waals surface area contributed by atoms with E-state index in [-0.39, 0.29) is 0 Å². The fourth-order valence-electron chi connectivity index (χ4n) is 2.74. The van der Waals surface area contributed by atoms with E-state index < -0.39 is 0 Å². The maximum atomic E-state index is 9.11. The van der Waals surface area contributed by atoms with Crippen LogP contribution in [0, 0.1) is 11.5 Å². The van der Waals surface area contributed by atoms with Crippen molar-refractivity contribution in [3.63, 3.8) is 0 Å². The molecule has 24 heavy (non-hydrogen) atoms. The Morgan fingerprint density at radius 3 is 2.62 bits per heavy atom. The molecule has 2 heterocycles. The zero-order valence-corrected chi connectivity index (χ0v) is 12.7. The minimum atomic E-state index is 0.301. The number of hydrogen-bond acceptors (Lipinski definition) is 5. The van der Waals surface area contributed by atoms with Gasteiger partial charge in [-0.05, 0) is 17.7 Å². The molecule has 0 aliphatic rings. The van der Waals surface area contributed by atoms with Gasteiger partial charge < -0.3 is 5.73 Å².